The predicted molar refractivity (Wildman–Crippen MR) is 121 cm³/mol. The van der Waals surface area contributed by atoms with Gasteiger partial charge >= 0.3 is 0 Å². The molecule has 152 valence electrons. The standard InChI is InChI=1S/C25H24N2O2S/c28-23-12-7-17-27(23)21-15-13-19(14-16-21)18-26-25(29)24(20-8-3-1-4-9-20)30-22-10-5-2-6-11-22/h1-6,8-11,13-16,24H,7,12,17-18H2,(H,26,29). The second-order valence-corrected chi connectivity index (χ2v) is 8.43. The van der Waals surface area contributed by atoms with Crippen LogP contribution in [-0.4, -0.2) is 18.4 Å². The molecule has 1 unspecified atom stereocenters. The number of amides is 2. The number of thioether (sulfide) groups is 1. The Kier molecular flexibility index (Phi) is 6.50. The molecule has 0 aromatic heterocycles. The fourth-order valence-electron chi connectivity index (χ4n) is 3.53. The van der Waals surface area contributed by atoms with Crippen molar-refractivity contribution in [1.82, 2.24) is 5.32 Å². The van der Waals surface area contributed by atoms with Crippen molar-refractivity contribution in [2.75, 3.05) is 11.4 Å². The summed E-state index contributed by atoms with van der Waals surface area (Å²) in [6.45, 7) is 1.23. The Balaban J connectivity index is 1.43. The third-order valence-electron chi connectivity index (χ3n) is 5.13. The monoisotopic (exact) mass is 416 g/mol. The van der Waals surface area contributed by atoms with E-state index in [2.05, 4.69) is 5.32 Å². The molecule has 3 aromatic carbocycles. The van der Waals surface area contributed by atoms with Gasteiger partial charge in [-0.2, -0.15) is 0 Å². The molecule has 2 amide bonds. The number of rotatable bonds is 7. The zero-order valence-electron chi connectivity index (χ0n) is 16.7. The number of hydrogen-bond acceptors (Lipinski definition) is 3. The van der Waals surface area contributed by atoms with Crippen LogP contribution < -0.4 is 10.2 Å². The van der Waals surface area contributed by atoms with Crippen molar-refractivity contribution in [3.05, 3.63) is 96.1 Å². The van der Waals surface area contributed by atoms with Crippen molar-refractivity contribution < 1.29 is 9.59 Å². The fraction of sp³-hybridized carbons (Fsp3) is 0.200. The topological polar surface area (TPSA) is 49.4 Å². The Hall–Kier alpha value is -3.05. The Bertz CT molecular complexity index is 991. The van der Waals surface area contributed by atoms with Gasteiger partial charge < -0.3 is 10.2 Å². The van der Waals surface area contributed by atoms with Gasteiger partial charge in [-0.05, 0) is 41.8 Å². The minimum Gasteiger partial charge on any atom is -0.351 e. The summed E-state index contributed by atoms with van der Waals surface area (Å²) in [6, 6.07) is 27.7. The van der Waals surface area contributed by atoms with Crippen LogP contribution in [-0.2, 0) is 16.1 Å². The van der Waals surface area contributed by atoms with Crippen molar-refractivity contribution in [2.45, 2.75) is 29.5 Å². The van der Waals surface area contributed by atoms with E-state index >= 15 is 0 Å². The molecule has 1 fully saturated rings. The van der Waals surface area contributed by atoms with E-state index in [0.717, 1.165) is 34.7 Å². The molecule has 0 saturated carbocycles. The van der Waals surface area contributed by atoms with Crippen molar-refractivity contribution in [3.8, 4) is 0 Å². The van der Waals surface area contributed by atoms with E-state index in [-0.39, 0.29) is 17.1 Å². The van der Waals surface area contributed by atoms with Crippen LogP contribution in [0, 0.1) is 0 Å². The number of nitrogens with zero attached hydrogens (tertiary/aromatic N) is 1. The lowest BCUT2D eigenvalue weighted by Crippen LogP contribution is -2.27. The van der Waals surface area contributed by atoms with Crippen molar-refractivity contribution in [2.24, 2.45) is 0 Å². The molecule has 0 spiro atoms. The average molecular weight is 417 g/mol. The fourth-order valence-corrected chi connectivity index (χ4v) is 4.60. The highest BCUT2D eigenvalue weighted by molar-refractivity contribution is 8.00. The van der Waals surface area contributed by atoms with Gasteiger partial charge in [0.25, 0.3) is 0 Å². The van der Waals surface area contributed by atoms with Gasteiger partial charge in [0, 0.05) is 30.1 Å². The maximum Gasteiger partial charge on any atom is 0.238 e. The Morgan fingerprint density at radius 3 is 2.23 bits per heavy atom. The molecule has 0 aliphatic carbocycles. The third kappa shape index (κ3) is 4.92. The lowest BCUT2D eigenvalue weighted by molar-refractivity contribution is -0.121. The summed E-state index contributed by atoms with van der Waals surface area (Å²) < 4.78 is 0. The smallest absolute Gasteiger partial charge is 0.238 e. The number of hydrogen-bond donors (Lipinski definition) is 1. The molecular weight excluding hydrogens is 392 g/mol. The molecule has 4 rings (SSSR count). The summed E-state index contributed by atoms with van der Waals surface area (Å²) in [5, 5.41) is 2.75. The highest BCUT2D eigenvalue weighted by Crippen LogP contribution is 2.35. The number of carbonyl (C=O) groups excluding carboxylic acids is 2. The molecule has 1 saturated heterocycles. The van der Waals surface area contributed by atoms with Crippen molar-refractivity contribution in [1.29, 1.82) is 0 Å². The van der Waals surface area contributed by atoms with Crippen LogP contribution in [0.15, 0.2) is 89.8 Å². The van der Waals surface area contributed by atoms with Crippen LogP contribution in [0.5, 0.6) is 0 Å². The van der Waals surface area contributed by atoms with Gasteiger partial charge in [-0.25, -0.2) is 0 Å². The summed E-state index contributed by atoms with van der Waals surface area (Å²) in [6.07, 6.45) is 1.54. The second kappa shape index (κ2) is 9.63. The van der Waals surface area contributed by atoms with Crippen LogP contribution in [0.25, 0.3) is 0 Å². The van der Waals surface area contributed by atoms with Crippen LogP contribution >= 0.6 is 11.8 Å². The molecule has 0 radical (unpaired) electrons. The van der Waals surface area contributed by atoms with Crippen LogP contribution in [0.4, 0.5) is 5.69 Å². The summed E-state index contributed by atoms with van der Waals surface area (Å²) in [4.78, 5) is 27.8. The zero-order valence-corrected chi connectivity index (χ0v) is 17.5. The highest BCUT2D eigenvalue weighted by Gasteiger charge is 2.23. The Morgan fingerprint density at radius 1 is 0.933 bits per heavy atom. The SMILES string of the molecule is O=C(NCc1ccc(N2CCCC2=O)cc1)C(Sc1ccccc1)c1ccccc1. The second-order valence-electron chi connectivity index (χ2n) is 7.25. The van der Waals surface area contributed by atoms with E-state index < -0.39 is 0 Å². The highest BCUT2D eigenvalue weighted by atomic mass is 32.2. The normalized spacial score (nSPS) is 14.5. The van der Waals surface area contributed by atoms with Crippen molar-refractivity contribution >= 4 is 29.3 Å². The third-order valence-corrected chi connectivity index (χ3v) is 6.39. The van der Waals surface area contributed by atoms with Crippen molar-refractivity contribution in [3.63, 3.8) is 0 Å². The molecule has 5 heteroatoms. The van der Waals surface area contributed by atoms with E-state index in [9.17, 15) is 9.59 Å². The quantitative estimate of drug-likeness (QED) is 0.554. The van der Waals surface area contributed by atoms with E-state index in [0.29, 0.717) is 13.0 Å². The maximum atomic E-state index is 13.1. The molecular formula is C25H24N2O2S. The number of benzene rings is 3. The van der Waals surface area contributed by atoms with Gasteiger partial charge in [-0.3, -0.25) is 9.59 Å². The van der Waals surface area contributed by atoms with Gasteiger partial charge in [-0.1, -0.05) is 60.7 Å². The largest absolute Gasteiger partial charge is 0.351 e. The molecule has 1 atom stereocenters. The Morgan fingerprint density at radius 2 is 1.60 bits per heavy atom. The maximum absolute atomic E-state index is 13.1. The predicted octanol–water partition coefficient (Wildman–Crippen LogP) is 4.96. The average Bonchev–Trinajstić information content (AvgIpc) is 3.23. The number of anilines is 1. The number of nitrogens with one attached hydrogen (secondary N) is 1. The molecule has 3 aromatic rings. The minimum atomic E-state index is -0.324. The molecule has 0 bridgehead atoms. The van der Waals surface area contributed by atoms with Crippen LogP contribution in [0.2, 0.25) is 0 Å². The molecule has 1 heterocycles. The van der Waals surface area contributed by atoms with E-state index in [1.807, 2.05) is 89.8 Å². The van der Waals surface area contributed by atoms with Crippen LogP contribution in [0.3, 0.4) is 0 Å². The molecule has 1 N–H and O–H groups in total. The first kappa shape index (κ1) is 20.2. The van der Waals surface area contributed by atoms with Crippen LogP contribution in [0.1, 0.15) is 29.2 Å². The summed E-state index contributed by atoms with van der Waals surface area (Å²) in [7, 11) is 0. The van der Waals surface area contributed by atoms with Gasteiger partial charge in [0.05, 0.1) is 0 Å². The Labute approximate surface area is 181 Å². The summed E-state index contributed by atoms with van der Waals surface area (Å²) in [5.41, 5.74) is 2.91. The molecule has 4 nitrogen and oxygen atoms in total. The first-order valence-electron chi connectivity index (χ1n) is 10.1. The molecule has 1 aliphatic rings. The van der Waals surface area contributed by atoms with E-state index in [1.54, 1.807) is 11.8 Å². The lowest BCUT2D eigenvalue weighted by atomic mass is 10.1. The van der Waals surface area contributed by atoms with Gasteiger partial charge in [0.1, 0.15) is 5.25 Å². The van der Waals surface area contributed by atoms with Gasteiger partial charge in [0.15, 0.2) is 0 Å². The lowest BCUT2D eigenvalue weighted by Gasteiger charge is -2.18. The van der Waals surface area contributed by atoms with Gasteiger partial charge in [-0.15, -0.1) is 11.8 Å². The summed E-state index contributed by atoms with van der Waals surface area (Å²) in [5.74, 6) is 0.161. The first-order valence-corrected chi connectivity index (χ1v) is 11.0. The molecule has 1 aliphatic heterocycles. The summed E-state index contributed by atoms with van der Waals surface area (Å²) >= 11 is 1.55. The molecule has 30 heavy (non-hydrogen) atoms. The minimum absolute atomic E-state index is 0.0196. The zero-order chi connectivity index (χ0) is 20.8. The number of carbonyl (C=O) groups is 2. The van der Waals surface area contributed by atoms with E-state index in [4.69, 9.17) is 0 Å². The first-order chi connectivity index (χ1) is 14.7. The van der Waals surface area contributed by atoms with E-state index in [1.165, 1.54) is 0 Å². The van der Waals surface area contributed by atoms with Gasteiger partial charge in [0.2, 0.25) is 11.8 Å².